The summed E-state index contributed by atoms with van der Waals surface area (Å²) in [5.41, 5.74) is 8.78. The third kappa shape index (κ3) is 3.74. The molecular formula is C17H18ClFN2. The van der Waals surface area contributed by atoms with Gasteiger partial charge >= 0.3 is 0 Å². The largest absolute Gasteiger partial charge is 0.399 e. The number of halogens is 2. The molecule has 2 nitrogen and oxygen atoms in total. The van der Waals surface area contributed by atoms with E-state index < -0.39 is 0 Å². The minimum Gasteiger partial charge on any atom is -0.399 e. The predicted octanol–water partition coefficient (Wildman–Crippen LogP) is 4.23. The second kappa shape index (κ2) is 6.04. The monoisotopic (exact) mass is 304 g/mol. The molecule has 0 aromatic heterocycles. The van der Waals surface area contributed by atoms with Crippen LogP contribution in [0.5, 0.6) is 0 Å². The highest BCUT2D eigenvalue weighted by Gasteiger charge is 2.29. The van der Waals surface area contributed by atoms with E-state index >= 15 is 0 Å². The summed E-state index contributed by atoms with van der Waals surface area (Å²) in [6.45, 7) is 1.57. The molecule has 2 aromatic carbocycles. The molecule has 0 heterocycles. The van der Waals surface area contributed by atoms with Crippen molar-refractivity contribution in [1.29, 1.82) is 0 Å². The molecule has 1 aliphatic carbocycles. The minimum atomic E-state index is -0.294. The Morgan fingerprint density at radius 2 is 1.95 bits per heavy atom. The van der Waals surface area contributed by atoms with Crippen LogP contribution in [0.1, 0.15) is 24.0 Å². The molecule has 0 unspecified atom stereocenters. The average molecular weight is 305 g/mol. The van der Waals surface area contributed by atoms with Crippen molar-refractivity contribution in [3.8, 4) is 0 Å². The first-order chi connectivity index (χ1) is 10.1. The molecule has 0 amide bonds. The van der Waals surface area contributed by atoms with Crippen molar-refractivity contribution >= 4 is 17.3 Å². The van der Waals surface area contributed by atoms with E-state index in [1.807, 2.05) is 18.2 Å². The van der Waals surface area contributed by atoms with Gasteiger partial charge in [-0.2, -0.15) is 0 Å². The van der Waals surface area contributed by atoms with Crippen LogP contribution in [0.15, 0.2) is 42.5 Å². The molecule has 4 heteroatoms. The molecular weight excluding hydrogens is 287 g/mol. The fourth-order valence-electron chi connectivity index (χ4n) is 2.55. The van der Waals surface area contributed by atoms with Crippen LogP contribution >= 0.6 is 11.6 Å². The number of rotatable bonds is 5. The van der Waals surface area contributed by atoms with E-state index in [-0.39, 0.29) is 5.82 Å². The molecule has 2 aromatic rings. The van der Waals surface area contributed by atoms with Crippen molar-refractivity contribution in [3.05, 3.63) is 64.4 Å². The minimum absolute atomic E-state index is 0.294. The Balaban J connectivity index is 1.76. The van der Waals surface area contributed by atoms with Crippen molar-refractivity contribution in [2.45, 2.75) is 32.0 Å². The standard InChI is InChI=1S/C17H18ClFN2/c18-17-9-14(19)5-4-13(17)11-21(16-6-7-16)10-12-2-1-3-15(20)8-12/h1-5,8-9,16H,6-7,10-11,20H2. The second-order valence-electron chi connectivity index (χ2n) is 5.62. The van der Waals surface area contributed by atoms with Gasteiger partial charge in [-0.1, -0.05) is 29.8 Å². The Kier molecular flexibility index (Phi) is 4.13. The maximum Gasteiger partial charge on any atom is 0.124 e. The van der Waals surface area contributed by atoms with Crippen LogP contribution in [-0.4, -0.2) is 10.9 Å². The van der Waals surface area contributed by atoms with Crippen molar-refractivity contribution in [1.82, 2.24) is 4.90 Å². The number of nitrogens with zero attached hydrogens (tertiary/aromatic N) is 1. The van der Waals surface area contributed by atoms with E-state index in [0.717, 1.165) is 24.3 Å². The van der Waals surface area contributed by atoms with Crippen molar-refractivity contribution in [3.63, 3.8) is 0 Å². The SMILES string of the molecule is Nc1cccc(CN(Cc2ccc(F)cc2Cl)C2CC2)c1. The first-order valence-electron chi connectivity index (χ1n) is 7.14. The van der Waals surface area contributed by atoms with E-state index in [1.54, 1.807) is 6.07 Å². The van der Waals surface area contributed by atoms with Gasteiger partial charge in [0.25, 0.3) is 0 Å². The lowest BCUT2D eigenvalue weighted by Crippen LogP contribution is -2.25. The second-order valence-corrected chi connectivity index (χ2v) is 6.02. The summed E-state index contributed by atoms with van der Waals surface area (Å²) >= 11 is 6.14. The molecule has 1 fully saturated rings. The lowest BCUT2D eigenvalue weighted by Gasteiger charge is -2.23. The molecule has 1 aliphatic rings. The smallest absolute Gasteiger partial charge is 0.124 e. The number of hydrogen-bond donors (Lipinski definition) is 1. The molecule has 21 heavy (non-hydrogen) atoms. The molecule has 110 valence electrons. The number of anilines is 1. The average Bonchev–Trinajstić information content (AvgIpc) is 3.25. The molecule has 0 radical (unpaired) electrons. The van der Waals surface area contributed by atoms with E-state index in [4.69, 9.17) is 17.3 Å². The van der Waals surface area contributed by atoms with Crippen LogP contribution < -0.4 is 5.73 Å². The van der Waals surface area contributed by atoms with E-state index in [9.17, 15) is 4.39 Å². The summed E-state index contributed by atoms with van der Waals surface area (Å²) in [6.07, 6.45) is 2.42. The van der Waals surface area contributed by atoms with Gasteiger partial charge in [0.1, 0.15) is 5.82 Å². The Morgan fingerprint density at radius 1 is 1.14 bits per heavy atom. The topological polar surface area (TPSA) is 29.3 Å². The quantitative estimate of drug-likeness (QED) is 0.838. The predicted molar refractivity (Wildman–Crippen MR) is 84.5 cm³/mol. The van der Waals surface area contributed by atoms with Gasteiger partial charge in [0.15, 0.2) is 0 Å². The maximum absolute atomic E-state index is 13.1. The first-order valence-corrected chi connectivity index (χ1v) is 7.52. The summed E-state index contributed by atoms with van der Waals surface area (Å²) in [5.74, 6) is -0.294. The summed E-state index contributed by atoms with van der Waals surface area (Å²) in [5, 5.41) is 0.494. The first kappa shape index (κ1) is 14.4. The fourth-order valence-corrected chi connectivity index (χ4v) is 2.78. The molecule has 0 bridgehead atoms. The summed E-state index contributed by atoms with van der Waals surface area (Å²) in [6, 6.07) is 13.1. The van der Waals surface area contributed by atoms with Crippen molar-refractivity contribution < 1.29 is 4.39 Å². The number of hydrogen-bond acceptors (Lipinski definition) is 2. The Labute approximate surface area is 129 Å². The Morgan fingerprint density at radius 3 is 2.62 bits per heavy atom. The van der Waals surface area contributed by atoms with Crippen LogP contribution in [0, 0.1) is 5.82 Å². The summed E-state index contributed by atoms with van der Waals surface area (Å²) in [4.78, 5) is 2.38. The molecule has 0 aliphatic heterocycles. The van der Waals surface area contributed by atoms with Crippen LogP contribution in [0.4, 0.5) is 10.1 Å². The zero-order valence-corrected chi connectivity index (χ0v) is 12.5. The van der Waals surface area contributed by atoms with Crippen LogP contribution in [-0.2, 0) is 13.1 Å². The number of benzene rings is 2. The van der Waals surface area contributed by atoms with Gasteiger partial charge in [-0.25, -0.2) is 4.39 Å². The van der Waals surface area contributed by atoms with Crippen molar-refractivity contribution in [2.24, 2.45) is 0 Å². The van der Waals surface area contributed by atoms with Crippen LogP contribution in [0.3, 0.4) is 0 Å². The van der Waals surface area contributed by atoms with Gasteiger partial charge in [-0.15, -0.1) is 0 Å². The fraction of sp³-hybridized carbons (Fsp3) is 0.294. The van der Waals surface area contributed by atoms with E-state index in [1.165, 1.54) is 30.5 Å². The van der Waals surface area contributed by atoms with E-state index in [0.29, 0.717) is 11.1 Å². The van der Waals surface area contributed by atoms with Gasteiger partial charge in [0.05, 0.1) is 0 Å². The maximum atomic E-state index is 13.1. The third-order valence-electron chi connectivity index (χ3n) is 3.79. The zero-order valence-electron chi connectivity index (χ0n) is 11.7. The number of nitrogens with two attached hydrogens (primary N) is 1. The van der Waals surface area contributed by atoms with Crippen LogP contribution in [0.2, 0.25) is 5.02 Å². The van der Waals surface area contributed by atoms with Gasteiger partial charge in [-0.3, -0.25) is 4.90 Å². The summed E-state index contributed by atoms with van der Waals surface area (Å²) < 4.78 is 13.1. The summed E-state index contributed by atoms with van der Waals surface area (Å²) in [7, 11) is 0. The van der Waals surface area contributed by atoms with Crippen LogP contribution in [0.25, 0.3) is 0 Å². The molecule has 0 saturated heterocycles. The van der Waals surface area contributed by atoms with Gasteiger partial charge in [0, 0.05) is 29.8 Å². The van der Waals surface area contributed by atoms with E-state index in [2.05, 4.69) is 11.0 Å². The Bertz CT molecular complexity index is 640. The normalized spacial score (nSPS) is 14.6. The molecule has 3 rings (SSSR count). The molecule has 0 spiro atoms. The highest BCUT2D eigenvalue weighted by atomic mass is 35.5. The van der Waals surface area contributed by atoms with Gasteiger partial charge in [0.2, 0.25) is 0 Å². The third-order valence-corrected chi connectivity index (χ3v) is 4.14. The van der Waals surface area contributed by atoms with Gasteiger partial charge in [-0.05, 0) is 48.2 Å². The molecule has 0 atom stereocenters. The highest BCUT2D eigenvalue weighted by molar-refractivity contribution is 6.31. The lowest BCUT2D eigenvalue weighted by molar-refractivity contribution is 0.246. The zero-order chi connectivity index (χ0) is 14.8. The lowest BCUT2D eigenvalue weighted by atomic mass is 10.1. The molecule has 2 N–H and O–H groups in total. The molecule has 1 saturated carbocycles. The van der Waals surface area contributed by atoms with Gasteiger partial charge < -0.3 is 5.73 Å². The Hall–Kier alpha value is -1.58. The number of nitrogen functional groups attached to an aromatic ring is 1. The highest BCUT2D eigenvalue weighted by Crippen LogP contribution is 2.31. The van der Waals surface area contributed by atoms with Crippen molar-refractivity contribution in [2.75, 3.05) is 5.73 Å².